The van der Waals surface area contributed by atoms with Gasteiger partial charge in [0.05, 0.1) is 6.04 Å². The predicted octanol–water partition coefficient (Wildman–Crippen LogP) is 4.85. The minimum Gasteiger partial charge on any atom is -0.354 e. The van der Waals surface area contributed by atoms with Crippen LogP contribution in [0.5, 0.6) is 0 Å². The van der Waals surface area contributed by atoms with Crippen molar-refractivity contribution in [2.45, 2.75) is 64.3 Å². The molecule has 1 aromatic rings. The van der Waals surface area contributed by atoms with Crippen LogP contribution in [0.2, 0.25) is 0 Å². The van der Waals surface area contributed by atoms with E-state index in [1.54, 1.807) is 0 Å². The Balaban J connectivity index is 1.27. The van der Waals surface area contributed by atoms with Crippen LogP contribution in [0.3, 0.4) is 0 Å². The van der Waals surface area contributed by atoms with E-state index in [4.69, 9.17) is 0 Å². The Bertz CT molecular complexity index is 627. The summed E-state index contributed by atoms with van der Waals surface area (Å²) in [5.74, 6) is 3.72. The number of carbonyl (C=O) groups is 1. The molecule has 1 atom stereocenters. The van der Waals surface area contributed by atoms with Gasteiger partial charge in [0.2, 0.25) is 5.91 Å². The minimum absolute atomic E-state index is 0.0227. The van der Waals surface area contributed by atoms with E-state index >= 15 is 0 Å². The van der Waals surface area contributed by atoms with Gasteiger partial charge in [0.15, 0.2) is 0 Å². The maximum absolute atomic E-state index is 13.4. The molecule has 4 heteroatoms. The molecule has 5 fully saturated rings. The number of rotatable bonds is 5. The Labute approximate surface area is 167 Å². The van der Waals surface area contributed by atoms with Gasteiger partial charge < -0.3 is 5.32 Å². The van der Waals surface area contributed by atoms with Crippen LogP contribution in [0.4, 0.5) is 0 Å². The fraction of sp³-hybridized carbons (Fsp3) is 0.783. The van der Waals surface area contributed by atoms with E-state index in [1.807, 2.05) is 11.3 Å². The van der Waals surface area contributed by atoms with Crippen molar-refractivity contribution >= 4 is 17.2 Å². The summed E-state index contributed by atoms with van der Waals surface area (Å²) in [7, 11) is 0. The van der Waals surface area contributed by atoms with Crippen molar-refractivity contribution < 1.29 is 4.79 Å². The zero-order valence-electron chi connectivity index (χ0n) is 16.7. The molecule has 1 aliphatic heterocycles. The molecule has 5 aliphatic rings. The number of nitrogens with one attached hydrogen (secondary N) is 1. The number of thiophene rings is 1. The van der Waals surface area contributed by atoms with Gasteiger partial charge in [0.25, 0.3) is 0 Å². The standard InChI is InChI=1S/C23H34N2OS/c1-16-4-6-25(7-5-16)20(21-3-2-8-27-21)15-24-22(26)23-12-17-9-18(13-23)11-19(10-17)14-23/h2-3,8,16-20H,4-7,9-15H2,1H3,(H,24,26)/t17?,18?,19?,20-,23?/m0/s1. The highest BCUT2D eigenvalue weighted by atomic mass is 32.1. The minimum atomic E-state index is -0.0227. The lowest BCUT2D eigenvalue weighted by Gasteiger charge is -2.55. The number of nitrogens with zero attached hydrogens (tertiary/aromatic N) is 1. The highest BCUT2D eigenvalue weighted by Gasteiger charge is 2.54. The number of carbonyl (C=O) groups excluding carboxylic acids is 1. The van der Waals surface area contributed by atoms with Gasteiger partial charge in [-0.15, -0.1) is 11.3 Å². The summed E-state index contributed by atoms with van der Waals surface area (Å²) in [5.41, 5.74) is -0.0227. The van der Waals surface area contributed by atoms with Crippen LogP contribution in [0, 0.1) is 29.1 Å². The summed E-state index contributed by atoms with van der Waals surface area (Å²) in [5, 5.41) is 5.64. The molecule has 1 aromatic heterocycles. The van der Waals surface area contributed by atoms with Crippen LogP contribution in [-0.4, -0.2) is 30.4 Å². The van der Waals surface area contributed by atoms with Crippen molar-refractivity contribution in [3.63, 3.8) is 0 Å². The van der Waals surface area contributed by atoms with E-state index in [2.05, 4.69) is 34.7 Å². The monoisotopic (exact) mass is 386 g/mol. The topological polar surface area (TPSA) is 32.3 Å². The van der Waals surface area contributed by atoms with E-state index in [0.29, 0.717) is 11.9 Å². The molecule has 1 N–H and O–H groups in total. The Morgan fingerprint density at radius 1 is 1.19 bits per heavy atom. The van der Waals surface area contributed by atoms with Gasteiger partial charge in [-0.1, -0.05) is 13.0 Å². The largest absolute Gasteiger partial charge is 0.354 e. The second-order valence-electron chi connectivity index (χ2n) is 10.2. The second kappa shape index (κ2) is 7.18. The normalized spacial score (nSPS) is 37.4. The molecular weight excluding hydrogens is 352 g/mol. The third kappa shape index (κ3) is 3.48. The molecule has 4 aliphatic carbocycles. The van der Waals surface area contributed by atoms with Crippen molar-refractivity contribution in [2.24, 2.45) is 29.1 Å². The first-order valence-corrected chi connectivity index (χ1v) is 12.0. The van der Waals surface area contributed by atoms with Crippen molar-refractivity contribution in [3.05, 3.63) is 22.4 Å². The summed E-state index contributed by atoms with van der Waals surface area (Å²) in [6, 6.07) is 4.76. The Morgan fingerprint density at radius 2 is 1.81 bits per heavy atom. The Morgan fingerprint density at radius 3 is 2.37 bits per heavy atom. The Kier molecular flexibility index (Phi) is 4.84. The van der Waals surface area contributed by atoms with Crippen LogP contribution >= 0.6 is 11.3 Å². The van der Waals surface area contributed by atoms with Crippen LogP contribution < -0.4 is 5.32 Å². The quantitative estimate of drug-likeness (QED) is 0.784. The van der Waals surface area contributed by atoms with Crippen molar-refractivity contribution in [1.82, 2.24) is 10.2 Å². The molecule has 2 heterocycles. The van der Waals surface area contributed by atoms with E-state index in [-0.39, 0.29) is 5.41 Å². The van der Waals surface area contributed by atoms with Gasteiger partial charge in [-0.2, -0.15) is 0 Å². The first-order chi connectivity index (χ1) is 13.1. The fourth-order valence-electron chi connectivity index (χ4n) is 7.00. The van der Waals surface area contributed by atoms with E-state index in [9.17, 15) is 4.79 Å². The lowest BCUT2D eigenvalue weighted by molar-refractivity contribution is -0.146. The van der Waals surface area contributed by atoms with E-state index in [0.717, 1.165) is 62.6 Å². The van der Waals surface area contributed by atoms with Crippen molar-refractivity contribution in [1.29, 1.82) is 0 Å². The summed E-state index contributed by atoms with van der Waals surface area (Å²) in [6.45, 7) is 5.48. The third-order valence-electron chi connectivity index (χ3n) is 8.11. The lowest BCUT2D eigenvalue weighted by Crippen LogP contribution is -2.54. The number of amides is 1. The summed E-state index contributed by atoms with van der Waals surface area (Å²) in [4.78, 5) is 17.4. The highest BCUT2D eigenvalue weighted by Crippen LogP contribution is 2.60. The zero-order valence-corrected chi connectivity index (χ0v) is 17.5. The lowest BCUT2D eigenvalue weighted by atomic mass is 9.49. The van der Waals surface area contributed by atoms with Crippen molar-refractivity contribution in [3.8, 4) is 0 Å². The van der Waals surface area contributed by atoms with Gasteiger partial charge >= 0.3 is 0 Å². The maximum atomic E-state index is 13.4. The highest BCUT2D eigenvalue weighted by molar-refractivity contribution is 7.10. The van der Waals surface area contributed by atoms with Gasteiger partial charge in [-0.25, -0.2) is 0 Å². The summed E-state index contributed by atoms with van der Waals surface area (Å²) < 4.78 is 0. The molecule has 27 heavy (non-hydrogen) atoms. The molecular formula is C23H34N2OS. The van der Waals surface area contributed by atoms with Gasteiger partial charge in [0.1, 0.15) is 0 Å². The van der Waals surface area contributed by atoms with Crippen molar-refractivity contribution in [2.75, 3.05) is 19.6 Å². The van der Waals surface area contributed by atoms with Gasteiger partial charge in [-0.3, -0.25) is 9.69 Å². The average Bonchev–Trinajstić information content (AvgIpc) is 3.16. The first kappa shape index (κ1) is 18.2. The molecule has 1 saturated heterocycles. The molecule has 0 spiro atoms. The molecule has 4 saturated carbocycles. The third-order valence-corrected chi connectivity index (χ3v) is 9.08. The second-order valence-corrected chi connectivity index (χ2v) is 11.1. The number of piperidine rings is 1. The SMILES string of the molecule is CC1CCN([C@@H](CNC(=O)C23CC4CC(CC(C4)C2)C3)c2cccs2)CC1. The van der Waals surface area contributed by atoms with Gasteiger partial charge in [-0.05, 0) is 99.6 Å². The molecule has 6 rings (SSSR count). The number of likely N-dealkylation sites (tertiary alicyclic amines) is 1. The number of hydrogen-bond acceptors (Lipinski definition) is 3. The van der Waals surface area contributed by atoms with E-state index < -0.39 is 0 Å². The smallest absolute Gasteiger partial charge is 0.226 e. The fourth-order valence-corrected chi connectivity index (χ4v) is 7.86. The average molecular weight is 387 g/mol. The van der Waals surface area contributed by atoms with Crippen LogP contribution in [0.25, 0.3) is 0 Å². The Hall–Kier alpha value is -0.870. The zero-order chi connectivity index (χ0) is 18.4. The molecule has 1 amide bonds. The molecule has 3 nitrogen and oxygen atoms in total. The number of hydrogen-bond donors (Lipinski definition) is 1. The molecule has 0 unspecified atom stereocenters. The van der Waals surface area contributed by atoms with Crippen LogP contribution in [0.15, 0.2) is 17.5 Å². The molecule has 4 bridgehead atoms. The van der Waals surface area contributed by atoms with Crippen LogP contribution in [0.1, 0.15) is 69.2 Å². The van der Waals surface area contributed by atoms with Gasteiger partial charge in [0, 0.05) is 16.8 Å². The summed E-state index contributed by atoms with van der Waals surface area (Å²) in [6.07, 6.45) is 10.2. The molecule has 0 radical (unpaired) electrons. The van der Waals surface area contributed by atoms with E-state index in [1.165, 1.54) is 37.0 Å². The maximum Gasteiger partial charge on any atom is 0.226 e. The molecule has 148 valence electrons. The summed E-state index contributed by atoms with van der Waals surface area (Å²) >= 11 is 1.84. The molecule has 0 aromatic carbocycles. The van der Waals surface area contributed by atoms with Crippen LogP contribution in [-0.2, 0) is 4.79 Å². The first-order valence-electron chi connectivity index (χ1n) is 11.2. The predicted molar refractivity (Wildman–Crippen MR) is 111 cm³/mol.